The molecule has 9 heteroatoms. The maximum Gasteiger partial charge on any atom is 0.416 e. The summed E-state index contributed by atoms with van der Waals surface area (Å²) in [4.78, 5) is 27.1. The first kappa shape index (κ1) is 30.0. The first-order valence-corrected chi connectivity index (χ1v) is 13.8. The molecule has 3 aromatic carbocycles. The number of aliphatic carboxylic acids is 1. The molecule has 0 aliphatic heterocycles. The van der Waals surface area contributed by atoms with Crippen LogP contribution >= 0.6 is 0 Å². The van der Waals surface area contributed by atoms with E-state index in [0.29, 0.717) is 40.8 Å². The van der Waals surface area contributed by atoms with E-state index >= 15 is 0 Å². The lowest BCUT2D eigenvalue weighted by Gasteiger charge is -2.31. The highest BCUT2D eigenvalue weighted by molar-refractivity contribution is 6.04. The monoisotopic (exact) mass is 567 g/mol. The second-order valence-electron chi connectivity index (χ2n) is 11.5. The molecule has 0 heterocycles. The third-order valence-electron chi connectivity index (χ3n) is 7.01. The van der Waals surface area contributed by atoms with Crippen LogP contribution < -0.4 is 15.5 Å². The number of alkyl halides is 3. The highest BCUT2D eigenvalue weighted by Gasteiger charge is 2.44. The summed E-state index contributed by atoms with van der Waals surface area (Å²) in [6.07, 6.45) is -3.88. The number of hydrogen-bond donors (Lipinski definition) is 3. The summed E-state index contributed by atoms with van der Waals surface area (Å²) >= 11 is 0. The van der Waals surface area contributed by atoms with Crippen LogP contribution in [0.4, 0.5) is 35.0 Å². The third-order valence-corrected chi connectivity index (χ3v) is 7.01. The number of carboxylic acids is 1. The van der Waals surface area contributed by atoms with E-state index < -0.39 is 29.7 Å². The summed E-state index contributed by atoms with van der Waals surface area (Å²) in [6, 6.07) is 17.0. The molecule has 0 unspecified atom stereocenters. The van der Waals surface area contributed by atoms with Gasteiger partial charge in [-0.15, -0.1) is 0 Å². The molecule has 3 N–H and O–H groups in total. The molecule has 1 aliphatic rings. The van der Waals surface area contributed by atoms with E-state index in [1.807, 2.05) is 18.2 Å². The van der Waals surface area contributed by atoms with Crippen molar-refractivity contribution in [1.29, 1.82) is 0 Å². The van der Waals surface area contributed by atoms with Crippen LogP contribution in [-0.4, -0.2) is 30.2 Å². The molecule has 0 spiro atoms. The summed E-state index contributed by atoms with van der Waals surface area (Å²) < 4.78 is 39.2. The summed E-state index contributed by atoms with van der Waals surface area (Å²) in [5.74, 6) is -0.627. The topological polar surface area (TPSA) is 81.7 Å². The van der Waals surface area contributed by atoms with Gasteiger partial charge >= 0.3 is 18.2 Å². The number of nitrogens with zero attached hydrogens (tertiary/aromatic N) is 1. The number of anilines is 3. The number of rotatable bonds is 10. The lowest BCUT2D eigenvalue weighted by Crippen LogP contribution is -2.32. The Morgan fingerprint density at radius 1 is 0.902 bits per heavy atom. The molecule has 1 aliphatic carbocycles. The van der Waals surface area contributed by atoms with Crippen molar-refractivity contribution in [1.82, 2.24) is 0 Å². The number of carbonyl (C=O) groups is 2. The van der Waals surface area contributed by atoms with Crippen molar-refractivity contribution < 1.29 is 27.9 Å². The van der Waals surface area contributed by atoms with Crippen molar-refractivity contribution in [3.05, 3.63) is 77.9 Å². The Hall–Kier alpha value is -4.01. The highest BCUT2D eigenvalue weighted by atomic mass is 19.4. The fourth-order valence-corrected chi connectivity index (χ4v) is 5.11. The van der Waals surface area contributed by atoms with Crippen LogP contribution in [0.2, 0.25) is 0 Å². The number of carboxylic acid groups (broad SMARTS) is 1. The SMILES string of the molecule is CC(C)CN(CC(C)C)c1ccc([C@H]2C[C@H]2C(=O)O)cc1NC(=O)Nc1ccccc1-c1ccc(C(F)(F)F)cc1. The predicted octanol–water partition coefficient (Wildman–Crippen LogP) is 8.32. The molecule has 41 heavy (non-hydrogen) atoms. The van der Waals surface area contributed by atoms with E-state index in [4.69, 9.17) is 0 Å². The quantitative estimate of drug-likeness (QED) is 0.230. The molecular formula is C32H36F3N3O3. The van der Waals surface area contributed by atoms with Crippen LogP contribution in [0.5, 0.6) is 0 Å². The van der Waals surface area contributed by atoms with Crippen LogP contribution in [0.1, 0.15) is 51.2 Å². The minimum absolute atomic E-state index is 0.103. The number of benzene rings is 3. The largest absolute Gasteiger partial charge is 0.481 e. The van der Waals surface area contributed by atoms with Crippen LogP contribution in [0, 0.1) is 17.8 Å². The first-order valence-electron chi connectivity index (χ1n) is 13.8. The lowest BCUT2D eigenvalue weighted by atomic mass is 10.0. The van der Waals surface area contributed by atoms with Crippen molar-refractivity contribution in [2.45, 2.75) is 46.2 Å². The molecule has 218 valence electrons. The molecule has 4 rings (SSSR count). The number of hydrogen-bond acceptors (Lipinski definition) is 3. The molecule has 1 fully saturated rings. The van der Waals surface area contributed by atoms with E-state index in [0.717, 1.165) is 36.5 Å². The second-order valence-corrected chi connectivity index (χ2v) is 11.5. The van der Waals surface area contributed by atoms with Gasteiger partial charge in [-0.25, -0.2) is 4.79 Å². The van der Waals surface area contributed by atoms with Gasteiger partial charge in [0.15, 0.2) is 0 Å². The van der Waals surface area contributed by atoms with Crippen molar-refractivity contribution in [2.75, 3.05) is 28.6 Å². The van der Waals surface area contributed by atoms with E-state index in [1.54, 1.807) is 24.3 Å². The molecule has 0 radical (unpaired) electrons. The Kier molecular flexibility index (Phi) is 8.95. The van der Waals surface area contributed by atoms with Gasteiger partial charge in [-0.1, -0.05) is 64.1 Å². The zero-order chi connectivity index (χ0) is 29.9. The summed E-state index contributed by atoms with van der Waals surface area (Å²) in [5, 5.41) is 15.3. The number of halogens is 3. The molecule has 1 saturated carbocycles. The van der Waals surface area contributed by atoms with Crippen LogP contribution in [0.25, 0.3) is 11.1 Å². The zero-order valence-corrected chi connectivity index (χ0v) is 23.6. The Morgan fingerprint density at radius 3 is 2.07 bits per heavy atom. The van der Waals surface area contributed by atoms with Gasteiger partial charge in [0.1, 0.15) is 0 Å². The van der Waals surface area contributed by atoms with Gasteiger partial charge in [0.05, 0.1) is 28.5 Å². The molecule has 2 amide bonds. The third kappa shape index (κ3) is 7.60. The van der Waals surface area contributed by atoms with E-state index in [1.165, 1.54) is 12.1 Å². The van der Waals surface area contributed by atoms with Crippen molar-refractivity contribution in [3.8, 4) is 11.1 Å². The summed E-state index contributed by atoms with van der Waals surface area (Å²) in [7, 11) is 0. The normalized spacial score (nSPS) is 16.5. The van der Waals surface area contributed by atoms with Gasteiger partial charge in [0.25, 0.3) is 0 Å². The first-order chi connectivity index (χ1) is 19.3. The zero-order valence-electron chi connectivity index (χ0n) is 23.6. The molecule has 3 aromatic rings. The fraction of sp³-hybridized carbons (Fsp3) is 0.375. The Bertz CT molecular complexity index is 1380. The lowest BCUT2D eigenvalue weighted by molar-refractivity contribution is -0.139. The number of urea groups is 1. The smallest absolute Gasteiger partial charge is 0.416 e. The molecular weight excluding hydrogens is 531 g/mol. The second kappa shape index (κ2) is 12.2. The molecule has 0 bridgehead atoms. The molecule has 0 aromatic heterocycles. The van der Waals surface area contributed by atoms with Crippen LogP contribution in [-0.2, 0) is 11.0 Å². The Balaban J connectivity index is 1.62. The van der Waals surface area contributed by atoms with Gasteiger partial charge in [0.2, 0.25) is 0 Å². The standard InChI is InChI=1S/C32H36F3N3O3/c1-19(2)17-38(18-20(3)4)29-14-11-22(25-16-26(25)30(39)40)15-28(29)37-31(41)36-27-8-6-5-7-24(27)21-9-12-23(13-10-21)32(33,34)35/h5-15,19-20,25-26H,16-18H2,1-4H3,(H,39,40)(H2,36,37,41)/t25-,26-/m1/s1. The van der Waals surface area contributed by atoms with Gasteiger partial charge in [-0.3, -0.25) is 4.79 Å². The molecule has 6 nitrogen and oxygen atoms in total. The molecule has 2 atom stereocenters. The average molecular weight is 568 g/mol. The highest BCUT2D eigenvalue weighted by Crippen LogP contribution is 2.49. The van der Waals surface area contributed by atoms with E-state index in [2.05, 4.69) is 43.2 Å². The minimum Gasteiger partial charge on any atom is -0.481 e. The predicted molar refractivity (Wildman–Crippen MR) is 156 cm³/mol. The van der Waals surface area contributed by atoms with E-state index in [-0.39, 0.29) is 5.92 Å². The van der Waals surface area contributed by atoms with Gasteiger partial charge < -0.3 is 20.6 Å². The van der Waals surface area contributed by atoms with Crippen LogP contribution in [0.3, 0.4) is 0 Å². The van der Waals surface area contributed by atoms with Gasteiger partial charge in [-0.05, 0) is 65.6 Å². The number of nitrogens with one attached hydrogen (secondary N) is 2. The minimum atomic E-state index is -4.44. The number of amides is 2. The number of para-hydroxylation sites is 1. The summed E-state index contributed by atoms with van der Waals surface area (Å²) in [6.45, 7) is 10.0. The molecule has 0 saturated heterocycles. The fourth-order valence-electron chi connectivity index (χ4n) is 5.11. The average Bonchev–Trinajstić information content (AvgIpc) is 3.69. The van der Waals surface area contributed by atoms with Crippen LogP contribution in [0.15, 0.2) is 66.7 Å². The van der Waals surface area contributed by atoms with Gasteiger partial charge in [-0.2, -0.15) is 13.2 Å². The Morgan fingerprint density at radius 2 is 1.51 bits per heavy atom. The Labute approximate surface area is 238 Å². The van der Waals surface area contributed by atoms with E-state index in [9.17, 15) is 27.9 Å². The van der Waals surface area contributed by atoms with Crippen molar-refractivity contribution in [2.24, 2.45) is 17.8 Å². The maximum absolute atomic E-state index is 13.4. The maximum atomic E-state index is 13.4. The van der Waals surface area contributed by atoms with Gasteiger partial charge in [0, 0.05) is 18.7 Å². The van der Waals surface area contributed by atoms with Crippen molar-refractivity contribution >= 4 is 29.1 Å². The van der Waals surface area contributed by atoms with Crippen molar-refractivity contribution in [3.63, 3.8) is 0 Å². The summed E-state index contributed by atoms with van der Waals surface area (Å²) in [5.41, 5.74) is 3.08. The number of carbonyl (C=O) groups excluding carboxylic acids is 1.